The summed E-state index contributed by atoms with van der Waals surface area (Å²) < 4.78 is 42.7. The van der Waals surface area contributed by atoms with E-state index in [1.165, 1.54) is 0 Å². The summed E-state index contributed by atoms with van der Waals surface area (Å²) in [6.07, 6.45) is 0.279. The SMILES string of the molecule is COc1cccc(C(OCCCOC(=O)c2cc(I)cc(C3OCCCO3)c2OC(=O)c2ccccc2)(c2ccccc2)c2ccccc2)c1OC. The highest BCUT2D eigenvalue weighted by atomic mass is 127. The Kier molecular flexibility index (Phi) is 12.6. The predicted molar refractivity (Wildman–Crippen MR) is 203 cm³/mol. The van der Waals surface area contributed by atoms with Crippen molar-refractivity contribution in [3.8, 4) is 17.2 Å². The molecule has 0 N–H and O–H groups in total. The Morgan fingerprint density at radius 1 is 0.731 bits per heavy atom. The van der Waals surface area contributed by atoms with E-state index in [0.717, 1.165) is 26.7 Å². The van der Waals surface area contributed by atoms with Gasteiger partial charge in [-0.3, -0.25) is 0 Å². The van der Waals surface area contributed by atoms with Crippen LogP contribution < -0.4 is 14.2 Å². The lowest BCUT2D eigenvalue weighted by Gasteiger charge is -2.37. The van der Waals surface area contributed by atoms with E-state index in [-0.39, 0.29) is 24.5 Å². The maximum atomic E-state index is 13.8. The average molecular weight is 815 g/mol. The molecule has 0 saturated carbocycles. The van der Waals surface area contributed by atoms with Crippen LogP contribution in [-0.2, 0) is 24.5 Å². The molecule has 9 nitrogen and oxygen atoms in total. The zero-order chi connectivity index (χ0) is 36.3. The molecule has 0 spiro atoms. The number of hydrogen-bond acceptors (Lipinski definition) is 9. The molecule has 0 unspecified atom stereocenters. The third-order valence-corrected chi connectivity index (χ3v) is 9.19. The second-order valence-corrected chi connectivity index (χ2v) is 13.1. The molecule has 0 atom stereocenters. The molecule has 5 aromatic rings. The minimum Gasteiger partial charge on any atom is -0.493 e. The third-order valence-electron chi connectivity index (χ3n) is 8.57. The Morgan fingerprint density at radius 2 is 1.37 bits per heavy atom. The van der Waals surface area contributed by atoms with Gasteiger partial charge in [-0.1, -0.05) is 91.0 Å². The second kappa shape index (κ2) is 17.6. The quantitative estimate of drug-likeness (QED) is 0.0359. The summed E-state index contributed by atoms with van der Waals surface area (Å²) in [4.78, 5) is 27.0. The Hall–Kier alpha value is -4.75. The molecule has 10 heteroatoms. The highest BCUT2D eigenvalue weighted by molar-refractivity contribution is 14.1. The first-order chi connectivity index (χ1) is 25.5. The van der Waals surface area contributed by atoms with Crippen LogP contribution >= 0.6 is 22.6 Å². The number of ether oxygens (including phenoxy) is 7. The van der Waals surface area contributed by atoms with Gasteiger partial charge in [0.15, 0.2) is 23.5 Å². The van der Waals surface area contributed by atoms with Crippen LogP contribution in [0.5, 0.6) is 17.2 Å². The van der Waals surface area contributed by atoms with Crippen LogP contribution in [0.4, 0.5) is 0 Å². The van der Waals surface area contributed by atoms with Crippen molar-refractivity contribution < 1.29 is 42.7 Å². The third kappa shape index (κ3) is 8.15. The molecule has 1 saturated heterocycles. The highest BCUT2D eigenvalue weighted by Crippen LogP contribution is 2.47. The van der Waals surface area contributed by atoms with Crippen molar-refractivity contribution in [1.82, 2.24) is 0 Å². The fraction of sp³-hybridized carbons (Fsp3) is 0.238. The Labute approximate surface area is 316 Å². The van der Waals surface area contributed by atoms with Crippen LogP contribution in [-0.4, -0.2) is 52.6 Å². The van der Waals surface area contributed by atoms with Gasteiger partial charge in [-0.2, -0.15) is 0 Å². The summed E-state index contributed by atoms with van der Waals surface area (Å²) in [7, 11) is 3.21. The van der Waals surface area contributed by atoms with Gasteiger partial charge < -0.3 is 33.2 Å². The van der Waals surface area contributed by atoms with Crippen molar-refractivity contribution in [2.24, 2.45) is 0 Å². The molecule has 0 aliphatic carbocycles. The number of para-hydroxylation sites is 1. The van der Waals surface area contributed by atoms with Crippen molar-refractivity contribution >= 4 is 34.5 Å². The van der Waals surface area contributed by atoms with Crippen molar-refractivity contribution in [2.75, 3.05) is 40.6 Å². The molecular weight excluding hydrogens is 775 g/mol. The number of esters is 2. The first-order valence-corrected chi connectivity index (χ1v) is 18.0. The van der Waals surface area contributed by atoms with Crippen molar-refractivity contribution in [3.63, 3.8) is 0 Å². The van der Waals surface area contributed by atoms with Gasteiger partial charge in [-0.15, -0.1) is 0 Å². The van der Waals surface area contributed by atoms with Crippen LogP contribution in [0.3, 0.4) is 0 Å². The lowest BCUT2D eigenvalue weighted by molar-refractivity contribution is -0.183. The number of carbonyl (C=O) groups is 2. The second-order valence-electron chi connectivity index (χ2n) is 11.8. The zero-order valence-electron chi connectivity index (χ0n) is 28.9. The highest BCUT2D eigenvalue weighted by Gasteiger charge is 2.41. The number of rotatable bonds is 14. The van der Waals surface area contributed by atoms with Gasteiger partial charge >= 0.3 is 11.9 Å². The summed E-state index contributed by atoms with van der Waals surface area (Å²) in [5.41, 5.74) is 2.29. The molecule has 5 aromatic carbocycles. The van der Waals surface area contributed by atoms with Gasteiger partial charge in [0.2, 0.25) is 0 Å². The Bertz CT molecular complexity index is 1910. The molecule has 1 aliphatic rings. The van der Waals surface area contributed by atoms with E-state index in [9.17, 15) is 9.59 Å². The van der Waals surface area contributed by atoms with Gasteiger partial charge in [0.05, 0.1) is 51.8 Å². The monoisotopic (exact) mass is 814 g/mol. The molecule has 0 aromatic heterocycles. The predicted octanol–water partition coefficient (Wildman–Crippen LogP) is 8.52. The summed E-state index contributed by atoms with van der Waals surface area (Å²) in [5.74, 6) is -0.119. The smallest absolute Gasteiger partial charge is 0.343 e. The molecule has 0 radical (unpaired) electrons. The molecule has 6 rings (SSSR count). The Morgan fingerprint density at radius 3 is 1.98 bits per heavy atom. The van der Waals surface area contributed by atoms with E-state index in [1.807, 2.05) is 78.9 Å². The van der Waals surface area contributed by atoms with Gasteiger partial charge in [-0.25, -0.2) is 9.59 Å². The van der Waals surface area contributed by atoms with E-state index in [0.29, 0.717) is 42.3 Å². The van der Waals surface area contributed by atoms with Crippen LogP contribution in [0.1, 0.15) is 62.1 Å². The fourth-order valence-corrected chi connectivity index (χ4v) is 6.85. The van der Waals surface area contributed by atoms with Gasteiger partial charge in [0.1, 0.15) is 11.2 Å². The van der Waals surface area contributed by atoms with Crippen molar-refractivity contribution in [2.45, 2.75) is 24.7 Å². The van der Waals surface area contributed by atoms with Crippen molar-refractivity contribution in [1.29, 1.82) is 0 Å². The van der Waals surface area contributed by atoms with Gasteiger partial charge in [-0.05, 0) is 70.5 Å². The minimum atomic E-state index is -1.10. The normalized spacial score (nSPS) is 13.3. The van der Waals surface area contributed by atoms with Crippen LogP contribution in [0.2, 0.25) is 0 Å². The number of methoxy groups -OCH3 is 2. The molecule has 268 valence electrons. The van der Waals surface area contributed by atoms with Crippen LogP contribution in [0.15, 0.2) is 121 Å². The zero-order valence-corrected chi connectivity index (χ0v) is 31.1. The number of hydrogen-bond donors (Lipinski definition) is 0. The maximum absolute atomic E-state index is 13.8. The summed E-state index contributed by atoms with van der Waals surface area (Å²) in [6, 6.07) is 37.5. The summed E-state index contributed by atoms with van der Waals surface area (Å²) >= 11 is 2.11. The lowest BCUT2D eigenvalue weighted by atomic mass is 9.79. The van der Waals surface area contributed by atoms with Crippen LogP contribution in [0.25, 0.3) is 0 Å². The largest absolute Gasteiger partial charge is 0.493 e. The van der Waals surface area contributed by atoms with Gasteiger partial charge in [0, 0.05) is 15.6 Å². The van der Waals surface area contributed by atoms with Crippen molar-refractivity contribution in [3.05, 3.63) is 158 Å². The van der Waals surface area contributed by atoms with E-state index in [1.54, 1.807) is 56.7 Å². The molecule has 1 fully saturated rings. The molecule has 1 aliphatic heterocycles. The summed E-state index contributed by atoms with van der Waals surface area (Å²) in [6.45, 7) is 1.17. The lowest BCUT2D eigenvalue weighted by Crippen LogP contribution is -2.34. The molecule has 0 amide bonds. The number of benzene rings is 5. The summed E-state index contributed by atoms with van der Waals surface area (Å²) in [5, 5.41) is 0. The molecule has 52 heavy (non-hydrogen) atoms. The van der Waals surface area contributed by atoms with Gasteiger partial charge in [0.25, 0.3) is 0 Å². The topological polar surface area (TPSA) is 98.8 Å². The molecule has 0 bridgehead atoms. The fourth-order valence-electron chi connectivity index (χ4n) is 6.21. The van der Waals surface area contributed by atoms with E-state index < -0.39 is 23.8 Å². The van der Waals surface area contributed by atoms with E-state index >= 15 is 0 Å². The Balaban J connectivity index is 1.26. The van der Waals surface area contributed by atoms with Crippen LogP contribution in [0, 0.1) is 3.57 Å². The minimum absolute atomic E-state index is 0.0248. The first-order valence-electron chi connectivity index (χ1n) is 16.9. The van der Waals surface area contributed by atoms with E-state index in [4.69, 9.17) is 33.2 Å². The molecule has 1 heterocycles. The standard InChI is InChI=1S/C42H39IO9/c1-46-36-22-12-21-35(38(36)47-2)42(30-17-8-4-9-18-30,31-19-10-5-11-20-31)51-26-14-23-48-40(45)33-27-32(43)28-34(41-49-24-13-25-50-41)37(33)52-39(44)29-15-6-3-7-16-29/h3-12,15-22,27-28,41H,13-14,23-26H2,1-2H3. The number of halogens is 1. The number of carbonyl (C=O) groups excluding carboxylic acids is 2. The average Bonchev–Trinajstić information content (AvgIpc) is 3.20. The maximum Gasteiger partial charge on any atom is 0.343 e. The molecular formula is C42H39IO9. The first kappa shape index (κ1) is 37.0. The van der Waals surface area contributed by atoms with E-state index in [2.05, 4.69) is 22.6 Å².